The van der Waals surface area contributed by atoms with Crippen molar-refractivity contribution in [2.75, 3.05) is 12.4 Å². The van der Waals surface area contributed by atoms with Gasteiger partial charge >= 0.3 is 6.09 Å². The van der Waals surface area contributed by atoms with Crippen LogP contribution in [0.3, 0.4) is 0 Å². The minimum absolute atomic E-state index is 0.243. The second-order valence-electron chi connectivity index (χ2n) is 2.37. The zero-order chi connectivity index (χ0) is 10.6. The average molecular weight is 198 g/mol. The van der Waals surface area contributed by atoms with Crippen molar-refractivity contribution in [2.24, 2.45) is 5.18 Å². The molecular weight excluding hydrogens is 191 g/mol. The van der Waals surface area contributed by atoms with Crippen molar-refractivity contribution in [3.05, 3.63) is 28.9 Å². The van der Waals surface area contributed by atoms with Gasteiger partial charge in [-0.15, -0.1) is 4.91 Å². The van der Waals surface area contributed by atoms with Crippen LogP contribution in [-0.2, 0) is 4.74 Å². The topological polar surface area (TPSA) is 67.8 Å². The Labute approximate surface area is 78.8 Å². The Morgan fingerprint density at radius 1 is 1.57 bits per heavy atom. The average Bonchev–Trinajstić information content (AvgIpc) is 2.20. The quantitative estimate of drug-likeness (QED) is 0.742. The van der Waals surface area contributed by atoms with E-state index >= 15 is 0 Å². The number of nitroso groups, excluding NO2 is 1. The SMILES string of the molecule is COC(=O)Nc1ccc(F)c(N=O)c1. The molecule has 0 aliphatic heterocycles. The molecule has 0 aliphatic carbocycles. The van der Waals surface area contributed by atoms with Crippen LogP contribution in [-0.4, -0.2) is 13.2 Å². The van der Waals surface area contributed by atoms with Gasteiger partial charge in [0.15, 0.2) is 5.82 Å². The third-order valence-corrected chi connectivity index (χ3v) is 1.48. The van der Waals surface area contributed by atoms with Gasteiger partial charge in [-0.1, -0.05) is 0 Å². The van der Waals surface area contributed by atoms with E-state index < -0.39 is 11.9 Å². The van der Waals surface area contributed by atoms with Crippen molar-refractivity contribution >= 4 is 17.5 Å². The molecule has 14 heavy (non-hydrogen) atoms. The lowest BCUT2D eigenvalue weighted by atomic mass is 10.3. The normalized spacial score (nSPS) is 9.29. The number of hydrogen-bond donors (Lipinski definition) is 1. The van der Waals surface area contributed by atoms with Gasteiger partial charge in [0.1, 0.15) is 5.69 Å². The summed E-state index contributed by atoms with van der Waals surface area (Å²) in [5.41, 5.74) is -0.119. The highest BCUT2D eigenvalue weighted by molar-refractivity contribution is 5.85. The Balaban J connectivity index is 2.89. The van der Waals surface area contributed by atoms with Gasteiger partial charge in [0.2, 0.25) is 0 Å². The molecule has 0 fully saturated rings. The molecule has 1 N–H and O–H groups in total. The van der Waals surface area contributed by atoms with Gasteiger partial charge in [-0.3, -0.25) is 5.32 Å². The van der Waals surface area contributed by atoms with E-state index in [1.54, 1.807) is 0 Å². The van der Waals surface area contributed by atoms with Gasteiger partial charge in [0, 0.05) is 5.69 Å². The van der Waals surface area contributed by atoms with E-state index in [2.05, 4.69) is 15.2 Å². The summed E-state index contributed by atoms with van der Waals surface area (Å²) < 4.78 is 17.1. The standard InChI is InChI=1S/C8H7FN2O3/c1-14-8(12)10-5-2-3-6(9)7(4-5)11-13/h2-4H,1H3,(H,10,12). The smallest absolute Gasteiger partial charge is 0.411 e. The van der Waals surface area contributed by atoms with Crippen molar-refractivity contribution in [3.63, 3.8) is 0 Å². The van der Waals surface area contributed by atoms with Crippen molar-refractivity contribution in [1.82, 2.24) is 0 Å². The van der Waals surface area contributed by atoms with Gasteiger partial charge in [-0.2, -0.15) is 0 Å². The molecule has 0 radical (unpaired) electrons. The molecule has 0 saturated heterocycles. The predicted molar refractivity (Wildman–Crippen MR) is 47.9 cm³/mol. The molecule has 0 unspecified atom stereocenters. The van der Waals surface area contributed by atoms with Crippen LogP contribution < -0.4 is 5.32 Å². The van der Waals surface area contributed by atoms with E-state index in [4.69, 9.17) is 0 Å². The maximum Gasteiger partial charge on any atom is 0.411 e. The molecular formula is C8H7FN2O3. The Morgan fingerprint density at radius 3 is 2.86 bits per heavy atom. The third-order valence-electron chi connectivity index (χ3n) is 1.48. The number of hydrogen-bond acceptors (Lipinski definition) is 4. The summed E-state index contributed by atoms with van der Waals surface area (Å²) in [6.07, 6.45) is -0.701. The molecule has 0 aromatic heterocycles. The van der Waals surface area contributed by atoms with E-state index in [0.29, 0.717) is 0 Å². The van der Waals surface area contributed by atoms with Gasteiger partial charge < -0.3 is 4.74 Å². The maximum atomic E-state index is 12.8. The molecule has 74 valence electrons. The van der Waals surface area contributed by atoms with Crippen LogP contribution in [0, 0.1) is 10.7 Å². The van der Waals surface area contributed by atoms with Crippen molar-refractivity contribution in [2.45, 2.75) is 0 Å². The molecule has 1 rings (SSSR count). The number of halogens is 1. The van der Waals surface area contributed by atoms with Crippen LogP contribution in [0.5, 0.6) is 0 Å². The Bertz CT molecular complexity index is 368. The van der Waals surface area contributed by atoms with Crippen LogP contribution in [0.1, 0.15) is 0 Å². The van der Waals surface area contributed by atoms with Crippen LogP contribution >= 0.6 is 0 Å². The number of ether oxygens (including phenoxy) is 1. The Hall–Kier alpha value is -1.98. The van der Waals surface area contributed by atoms with E-state index in [9.17, 15) is 14.1 Å². The first-order valence-corrected chi connectivity index (χ1v) is 3.65. The molecule has 1 amide bonds. The number of anilines is 1. The van der Waals surface area contributed by atoms with Crippen LogP contribution in [0.4, 0.5) is 20.6 Å². The second-order valence-corrected chi connectivity index (χ2v) is 2.37. The highest BCUT2D eigenvalue weighted by Gasteiger charge is 2.05. The molecule has 6 heteroatoms. The second kappa shape index (κ2) is 4.31. The molecule has 0 aliphatic rings. The monoisotopic (exact) mass is 198 g/mol. The molecule has 0 atom stereocenters. The summed E-state index contributed by atoms with van der Waals surface area (Å²) in [5, 5.41) is 4.71. The Kier molecular flexibility index (Phi) is 3.11. The number of nitrogens with one attached hydrogen (secondary N) is 1. The van der Waals surface area contributed by atoms with Crippen molar-refractivity contribution < 1.29 is 13.9 Å². The molecule has 1 aromatic carbocycles. The third kappa shape index (κ3) is 2.25. The number of carbonyl (C=O) groups is 1. The minimum Gasteiger partial charge on any atom is -0.453 e. The zero-order valence-electron chi connectivity index (χ0n) is 7.28. The van der Waals surface area contributed by atoms with Crippen molar-refractivity contribution in [3.8, 4) is 0 Å². The largest absolute Gasteiger partial charge is 0.453 e. The first kappa shape index (κ1) is 10.1. The molecule has 0 spiro atoms. The first-order chi connectivity index (χ1) is 6.67. The molecule has 0 heterocycles. The van der Waals surface area contributed by atoms with E-state index in [-0.39, 0.29) is 11.4 Å². The lowest BCUT2D eigenvalue weighted by Gasteiger charge is -2.03. The molecule has 5 nitrogen and oxygen atoms in total. The number of nitrogens with zero attached hydrogens (tertiary/aromatic N) is 1. The Morgan fingerprint density at radius 2 is 2.29 bits per heavy atom. The summed E-state index contributed by atoms with van der Waals surface area (Å²) in [6, 6.07) is 3.43. The lowest BCUT2D eigenvalue weighted by Crippen LogP contribution is -2.10. The fourth-order valence-electron chi connectivity index (χ4n) is 0.829. The molecule has 0 saturated carbocycles. The van der Waals surface area contributed by atoms with Crippen LogP contribution in [0.15, 0.2) is 23.4 Å². The summed E-state index contributed by atoms with van der Waals surface area (Å²) in [6.45, 7) is 0. The summed E-state index contributed by atoms with van der Waals surface area (Å²) >= 11 is 0. The molecule has 0 bridgehead atoms. The highest BCUT2D eigenvalue weighted by atomic mass is 19.1. The van der Waals surface area contributed by atoms with Crippen LogP contribution in [0.25, 0.3) is 0 Å². The van der Waals surface area contributed by atoms with Gasteiger partial charge in [0.25, 0.3) is 0 Å². The number of benzene rings is 1. The minimum atomic E-state index is -0.740. The van der Waals surface area contributed by atoms with Gasteiger partial charge in [-0.05, 0) is 23.4 Å². The van der Waals surface area contributed by atoms with E-state index in [0.717, 1.165) is 12.1 Å². The number of carbonyl (C=O) groups excluding carboxylic acids is 1. The lowest BCUT2D eigenvalue weighted by molar-refractivity contribution is 0.187. The van der Waals surface area contributed by atoms with Gasteiger partial charge in [0.05, 0.1) is 7.11 Å². The highest BCUT2D eigenvalue weighted by Crippen LogP contribution is 2.21. The van der Waals surface area contributed by atoms with Crippen LogP contribution in [0.2, 0.25) is 0 Å². The van der Waals surface area contributed by atoms with E-state index in [1.807, 2.05) is 0 Å². The van der Waals surface area contributed by atoms with E-state index in [1.165, 1.54) is 13.2 Å². The summed E-state index contributed by atoms with van der Waals surface area (Å²) in [7, 11) is 1.19. The van der Waals surface area contributed by atoms with Gasteiger partial charge in [-0.25, -0.2) is 9.18 Å². The van der Waals surface area contributed by atoms with Crippen molar-refractivity contribution in [1.29, 1.82) is 0 Å². The first-order valence-electron chi connectivity index (χ1n) is 3.65. The number of rotatable bonds is 2. The predicted octanol–water partition coefficient (Wildman–Crippen LogP) is 2.40. The summed E-state index contributed by atoms with van der Waals surface area (Å²) in [5.74, 6) is -0.740. The summed E-state index contributed by atoms with van der Waals surface area (Å²) in [4.78, 5) is 20.8. The maximum absolute atomic E-state index is 12.8. The fourth-order valence-corrected chi connectivity index (χ4v) is 0.829. The molecule has 1 aromatic rings. The zero-order valence-corrected chi connectivity index (χ0v) is 7.28. The number of amides is 1. The number of methoxy groups -OCH3 is 1. The fraction of sp³-hybridized carbons (Fsp3) is 0.125.